The third-order valence-corrected chi connectivity index (χ3v) is 2.61. The monoisotopic (exact) mass is 281 g/mol. The van der Waals surface area contributed by atoms with E-state index in [2.05, 4.69) is 0 Å². The molecule has 2 rings (SSSR count). The van der Waals surface area contributed by atoms with Crippen LogP contribution in [0, 0.1) is 0 Å². The molecule has 20 heavy (non-hydrogen) atoms. The summed E-state index contributed by atoms with van der Waals surface area (Å²) in [6.45, 7) is 2.47. The van der Waals surface area contributed by atoms with E-state index < -0.39 is 35.1 Å². The summed E-state index contributed by atoms with van der Waals surface area (Å²) in [6, 6.07) is 3.04. The highest BCUT2D eigenvalue weighted by Crippen LogP contribution is 2.38. The SMILES string of the molecule is CC(=O)OC1=C(NC(=O)O)OC(C)(c2ccco2)C1=O. The molecule has 8 nitrogen and oxygen atoms in total. The van der Waals surface area contributed by atoms with Crippen LogP contribution in [0.15, 0.2) is 34.5 Å². The molecule has 106 valence electrons. The Labute approximate surface area is 113 Å². The average molecular weight is 281 g/mol. The van der Waals surface area contributed by atoms with Gasteiger partial charge in [0.05, 0.1) is 6.26 Å². The first-order valence-electron chi connectivity index (χ1n) is 5.55. The number of esters is 1. The van der Waals surface area contributed by atoms with Crippen LogP contribution in [0.1, 0.15) is 19.6 Å². The maximum Gasteiger partial charge on any atom is 0.411 e. The van der Waals surface area contributed by atoms with Gasteiger partial charge in [-0.05, 0) is 19.1 Å². The first-order valence-corrected chi connectivity index (χ1v) is 5.55. The minimum atomic E-state index is -1.59. The van der Waals surface area contributed by atoms with Crippen LogP contribution in [0.25, 0.3) is 0 Å². The van der Waals surface area contributed by atoms with Gasteiger partial charge in [-0.2, -0.15) is 0 Å². The summed E-state index contributed by atoms with van der Waals surface area (Å²) < 4.78 is 15.1. The zero-order valence-corrected chi connectivity index (χ0v) is 10.6. The van der Waals surface area contributed by atoms with Gasteiger partial charge < -0.3 is 19.0 Å². The second-order valence-electron chi connectivity index (χ2n) is 4.12. The van der Waals surface area contributed by atoms with E-state index >= 15 is 0 Å². The lowest BCUT2D eigenvalue weighted by Crippen LogP contribution is -2.32. The van der Waals surface area contributed by atoms with Crippen molar-refractivity contribution in [2.45, 2.75) is 19.4 Å². The Balaban J connectivity index is 2.40. The predicted molar refractivity (Wildman–Crippen MR) is 62.1 cm³/mol. The number of carbonyl (C=O) groups is 3. The molecule has 1 unspecified atom stereocenters. The van der Waals surface area contributed by atoms with Crippen LogP contribution in [0.3, 0.4) is 0 Å². The molecule has 0 saturated heterocycles. The first kappa shape index (κ1) is 13.7. The number of carboxylic acid groups (broad SMARTS) is 1. The van der Waals surface area contributed by atoms with Crippen molar-refractivity contribution in [3.63, 3.8) is 0 Å². The minimum Gasteiger partial charge on any atom is -0.465 e. The zero-order valence-electron chi connectivity index (χ0n) is 10.6. The van der Waals surface area contributed by atoms with Crippen LogP contribution < -0.4 is 5.32 Å². The van der Waals surface area contributed by atoms with E-state index in [9.17, 15) is 14.4 Å². The van der Waals surface area contributed by atoms with E-state index in [1.54, 1.807) is 6.07 Å². The van der Waals surface area contributed by atoms with Gasteiger partial charge in [-0.3, -0.25) is 14.9 Å². The molecule has 1 aliphatic heterocycles. The van der Waals surface area contributed by atoms with Crippen molar-refractivity contribution < 1.29 is 33.4 Å². The van der Waals surface area contributed by atoms with Gasteiger partial charge in [0.1, 0.15) is 0 Å². The van der Waals surface area contributed by atoms with E-state index in [4.69, 9.17) is 19.0 Å². The molecule has 1 aromatic rings. The van der Waals surface area contributed by atoms with Crippen molar-refractivity contribution in [2.24, 2.45) is 0 Å². The highest BCUT2D eigenvalue weighted by Gasteiger charge is 2.51. The summed E-state index contributed by atoms with van der Waals surface area (Å²) in [6.07, 6.45) is -0.119. The molecular weight excluding hydrogens is 270 g/mol. The van der Waals surface area contributed by atoms with Crippen molar-refractivity contribution in [2.75, 3.05) is 0 Å². The molecule has 1 aromatic heterocycles. The molecule has 0 saturated carbocycles. The number of nitrogens with one attached hydrogen (secondary N) is 1. The van der Waals surface area contributed by atoms with E-state index in [-0.39, 0.29) is 5.76 Å². The topological polar surface area (TPSA) is 115 Å². The molecule has 8 heteroatoms. The van der Waals surface area contributed by atoms with Crippen molar-refractivity contribution in [1.82, 2.24) is 5.32 Å². The van der Waals surface area contributed by atoms with Crippen LogP contribution >= 0.6 is 0 Å². The van der Waals surface area contributed by atoms with Gasteiger partial charge in [0.15, 0.2) is 5.76 Å². The maximum absolute atomic E-state index is 12.3. The standard InChI is InChI=1S/C12H11NO7/c1-6(14)19-8-9(15)12(2,7-4-3-5-18-7)20-10(8)13-11(16)17/h3-5,13H,1-2H3,(H,16,17). The predicted octanol–water partition coefficient (Wildman–Crippen LogP) is 1.09. The third-order valence-electron chi connectivity index (χ3n) is 2.61. The van der Waals surface area contributed by atoms with Crippen LogP contribution in [0.5, 0.6) is 0 Å². The van der Waals surface area contributed by atoms with Crippen LogP contribution in [0.4, 0.5) is 4.79 Å². The lowest BCUT2D eigenvalue weighted by Gasteiger charge is -2.20. The second kappa shape index (κ2) is 4.72. The summed E-state index contributed by atoms with van der Waals surface area (Å²) in [4.78, 5) is 34.0. The molecule has 2 heterocycles. The number of Topliss-reactive ketones (excluding diaryl/α,β-unsaturated/α-hetero) is 1. The molecule has 1 aliphatic rings. The number of furan rings is 1. The van der Waals surface area contributed by atoms with Gasteiger partial charge in [0, 0.05) is 6.92 Å². The van der Waals surface area contributed by atoms with Gasteiger partial charge >= 0.3 is 12.1 Å². The van der Waals surface area contributed by atoms with E-state index in [0.717, 1.165) is 6.92 Å². The Morgan fingerprint density at radius 2 is 2.15 bits per heavy atom. The normalized spacial score (nSPS) is 21.6. The largest absolute Gasteiger partial charge is 0.465 e. The number of amides is 1. The van der Waals surface area contributed by atoms with Crippen LogP contribution in [-0.4, -0.2) is 23.0 Å². The van der Waals surface area contributed by atoms with Gasteiger partial charge in [0.2, 0.25) is 17.2 Å². The molecular formula is C12H11NO7. The van der Waals surface area contributed by atoms with Gasteiger partial charge in [-0.25, -0.2) is 4.79 Å². The molecule has 1 atom stereocenters. The fourth-order valence-corrected chi connectivity index (χ4v) is 1.74. The second-order valence-corrected chi connectivity index (χ2v) is 4.12. The smallest absolute Gasteiger partial charge is 0.411 e. The molecule has 0 radical (unpaired) electrons. The summed E-state index contributed by atoms with van der Waals surface area (Å²) in [5.41, 5.74) is -1.59. The van der Waals surface area contributed by atoms with Crippen molar-refractivity contribution in [3.05, 3.63) is 35.8 Å². The summed E-state index contributed by atoms with van der Waals surface area (Å²) in [5.74, 6) is -2.28. The third kappa shape index (κ3) is 2.22. The quantitative estimate of drug-likeness (QED) is 0.797. The summed E-state index contributed by atoms with van der Waals surface area (Å²) >= 11 is 0. The maximum atomic E-state index is 12.3. The summed E-state index contributed by atoms with van der Waals surface area (Å²) in [7, 11) is 0. The van der Waals surface area contributed by atoms with Gasteiger partial charge in [-0.15, -0.1) is 0 Å². The number of ketones is 1. The summed E-state index contributed by atoms with van der Waals surface area (Å²) in [5, 5.41) is 10.6. The molecule has 0 spiro atoms. The van der Waals surface area contributed by atoms with Crippen molar-refractivity contribution >= 4 is 17.8 Å². The molecule has 0 fully saturated rings. The lowest BCUT2D eigenvalue weighted by molar-refractivity contribution is -0.142. The molecule has 0 aromatic carbocycles. The number of ether oxygens (including phenoxy) is 2. The van der Waals surface area contributed by atoms with Crippen molar-refractivity contribution in [3.8, 4) is 0 Å². The molecule has 2 N–H and O–H groups in total. The molecule has 1 amide bonds. The highest BCUT2D eigenvalue weighted by molar-refractivity contribution is 6.04. The lowest BCUT2D eigenvalue weighted by atomic mass is 9.98. The Bertz CT molecular complexity index is 601. The fourth-order valence-electron chi connectivity index (χ4n) is 1.74. The number of rotatable bonds is 3. The molecule has 0 bridgehead atoms. The molecule has 0 aliphatic carbocycles. The number of carbonyl (C=O) groups excluding carboxylic acids is 2. The number of hydrogen-bond acceptors (Lipinski definition) is 6. The fraction of sp³-hybridized carbons (Fsp3) is 0.250. The van der Waals surface area contributed by atoms with Crippen molar-refractivity contribution in [1.29, 1.82) is 0 Å². The van der Waals surface area contributed by atoms with Gasteiger partial charge in [-0.1, -0.05) is 0 Å². The Morgan fingerprint density at radius 3 is 2.65 bits per heavy atom. The Hall–Kier alpha value is -2.77. The number of hydrogen-bond donors (Lipinski definition) is 2. The average Bonchev–Trinajstić information content (AvgIpc) is 2.93. The van der Waals surface area contributed by atoms with Crippen LogP contribution in [0.2, 0.25) is 0 Å². The Morgan fingerprint density at radius 1 is 1.45 bits per heavy atom. The van der Waals surface area contributed by atoms with Gasteiger partial charge in [0.25, 0.3) is 5.78 Å². The van der Waals surface area contributed by atoms with E-state index in [1.165, 1.54) is 19.3 Å². The van der Waals surface area contributed by atoms with E-state index in [0.29, 0.717) is 0 Å². The highest BCUT2D eigenvalue weighted by atomic mass is 16.6. The van der Waals surface area contributed by atoms with E-state index in [1.807, 2.05) is 5.32 Å². The van der Waals surface area contributed by atoms with Crippen LogP contribution in [-0.2, 0) is 24.7 Å². The Kier molecular flexibility index (Phi) is 3.23. The minimum absolute atomic E-state index is 0.161. The zero-order chi connectivity index (χ0) is 14.9. The first-order chi connectivity index (χ1) is 9.34.